The van der Waals surface area contributed by atoms with E-state index in [9.17, 15) is 10.2 Å². The molecule has 1 aromatic rings. The van der Waals surface area contributed by atoms with E-state index < -0.39 is 0 Å². The Morgan fingerprint density at radius 1 is 1.29 bits per heavy atom. The van der Waals surface area contributed by atoms with Crippen LogP contribution in [0.1, 0.15) is 31.2 Å². The van der Waals surface area contributed by atoms with Crippen LogP contribution in [0.4, 0.5) is 0 Å². The number of hydrogen-bond acceptors (Lipinski definition) is 4. The Bertz CT molecular complexity index is 467. The van der Waals surface area contributed by atoms with Crippen molar-refractivity contribution in [1.29, 1.82) is 0 Å². The first-order valence-electron chi connectivity index (χ1n) is 7.52. The van der Waals surface area contributed by atoms with Crippen molar-refractivity contribution in [2.24, 2.45) is 11.8 Å². The Kier molecular flexibility index (Phi) is 6.33. The van der Waals surface area contributed by atoms with Gasteiger partial charge >= 0.3 is 0 Å². The normalized spacial score (nSPS) is 22.2. The molecule has 1 aliphatic carbocycles. The number of phenolic OH excluding ortho intramolecular Hbond substituents is 1. The van der Waals surface area contributed by atoms with Crippen molar-refractivity contribution in [2.75, 3.05) is 20.3 Å². The molecule has 0 saturated heterocycles. The maximum absolute atomic E-state index is 9.80. The predicted molar refractivity (Wildman–Crippen MR) is 86.6 cm³/mol. The topological polar surface area (TPSA) is 61.7 Å². The van der Waals surface area contributed by atoms with Gasteiger partial charge in [-0.1, -0.05) is 12.8 Å². The molecule has 0 aromatic heterocycles. The molecule has 0 aliphatic heterocycles. The van der Waals surface area contributed by atoms with E-state index in [2.05, 4.69) is 21.2 Å². The molecule has 0 spiro atoms. The van der Waals surface area contributed by atoms with Gasteiger partial charge in [0.2, 0.25) is 0 Å². The second-order valence-corrected chi connectivity index (χ2v) is 6.60. The van der Waals surface area contributed by atoms with Gasteiger partial charge in [-0.3, -0.25) is 0 Å². The first kappa shape index (κ1) is 16.6. The average molecular weight is 358 g/mol. The molecule has 118 valence electrons. The molecule has 21 heavy (non-hydrogen) atoms. The minimum Gasteiger partial charge on any atom is -0.503 e. The van der Waals surface area contributed by atoms with Crippen molar-refractivity contribution in [3.63, 3.8) is 0 Å². The Balaban J connectivity index is 1.89. The summed E-state index contributed by atoms with van der Waals surface area (Å²) in [6.45, 7) is 1.95. The zero-order chi connectivity index (χ0) is 15.2. The monoisotopic (exact) mass is 357 g/mol. The zero-order valence-corrected chi connectivity index (χ0v) is 14.0. The molecule has 0 heterocycles. The number of benzene rings is 1. The highest BCUT2D eigenvalue weighted by Gasteiger charge is 2.23. The van der Waals surface area contributed by atoms with Gasteiger partial charge in [-0.25, -0.2) is 0 Å². The molecule has 0 amide bonds. The second kappa shape index (κ2) is 8.01. The van der Waals surface area contributed by atoms with Crippen LogP contribution in [0, 0.1) is 11.8 Å². The fourth-order valence-corrected chi connectivity index (χ4v) is 3.57. The van der Waals surface area contributed by atoms with Crippen molar-refractivity contribution in [1.82, 2.24) is 5.32 Å². The van der Waals surface area contributed by atoms with Gasteiger partial charge in [0.15, 0.2) is 11.5 Å². The fraction of sp³-hybridized carbons (Fsp3) is 0.625. The SMILES string of the molecule is COc1cc(CNCC2CCCCC2CO)cc(Br)c1O. The molecule has 3 N–H and O–H groups in total. The van der Waals surface area contributed by atoms with Gasteiger partial charge in [0.1, 0.15) is 0 Å². The van der Waals surface area contributed by atoms with E-state index in [0.29, 0.717) is 28.7 Å². The Labute approximate surface area is 134 Å². The van der Waals surface area contributed by atoms with Crippen molar-refractivity contribution in [2.45, 2.75) is 32.2 Å². The average Bonchev–Trinajstić information content (AvgIpc) is 2.51. The lowest BCUT2D eigenvalue weighted by Gasteiger charge is -2.30. The largest absolute Gasteiger partial charge is 0.503 e. The first-order valence-corrected chi connectivity index (χ1v) is 8.32. The lowest BCUT2D eigenvalue weighted by molar-refractivity contribution is 0.133. The summed E-state index contributed by atoms with van der Waals surface area (Å²) < 4.78 is 5.80. The highest BCUT2D eigenvalue weighted by atomic mass is 79.9. The highest BCUT2D eigenvalue weighted by molar-refractivity contribution is 9.10. The van der Waals surface area contributed by atoms with Crippen LogP contribution < -0.4 is 10.1 Å². The molecule has 2 atom stereocenters. The smallest absolute Gasteiger partial charge is 0.172 e. The first-order chi connectivity index (χ1) is 10.2. The lowest BCUT2D eigenvalue weighted by Crippen LogP contribution is -2.32. The van der Waals surface area contributed by atoms with Crippen LogP contribution in [0.5, 0.6) is 11.5 Å². The number of rotatable bonds is 6. The van der Waals surface area contributed by atoms with Crippen LogP contribution in [0.3, 0.4) is 0 Å². The minimum atomic E-state index is 0.133. The molecular weight excluding hydrogens is 334 g/mol. The molecule has 2 rings (SSSR count). The number of methoxy groups -OCH3 is 1. The third kappa shape index (κ3) is 4.34. The lowest BCUT2D eigenvalue weighted by atomic mass is 9.79. The summed E-state index contributed by atoms with van der Waals surface area (Å²) in [4.78, 5) is 0. The quantitative estimate of drug-likeness (QED) is 0.732. The van der Waals surface area contributed by atoms with E-state index in [-0.39, 0.29) is 5.75 Å². The Morgan fingerprint density at radius 2 is 2.00 bits per heavy atom. The third-order valence-electron chi connectivity index (χ3n) is 4.34. The van der Waals surface area contributed by atoms with Gasteiger partial charge in [0.25, 0.3) is 0 Å². The maximum Gasteiger partial charge on any atom is 0.172 e. The highest BCUT2D eigenvalue weighted by Crippen LogP contribution is 2.35. The van der Waals surface area contributed by atoms with Crippen LogP contribution in [0.25, 0.3) is 0 Å². The van der Waals surface area contributed by atoms with E-state index in [4.69, 9.17) is 4.74 Å². The number of aliphatic hydroxyl groups is 1. The molecule has 2 unspecified atom stereocenters. The summed E-state index contributed by atoms with van der Waals surface area (Å²) in [5.74, 6) is 1.61. The summed E-state index contributed by atoms with van der Waals surface area (Å²) in [5.41, 5.74) is 1.06. The van der Waals surface area contributed by atoms with Gasteiger partial charge in [-0.05, 0) is 64.8 Å². The second-order valence-electron chi connectivity index (χ2n) is 5.75. The molecule has 1 aromatic carbocycles. The van der Waals surface area contributed by atoms with Crippen molar-refractivity contribution in [3.05, 3.63) is 22.2 Å². The van der Waals surface area contributed by atoms with Crippen molar-refractivity contribution in [3.8, 4) is 11.5 Å². The van der Waals surface area contributed by atoms with Gasteiger partial charge in [-0.15, -0.1) is 0 Å². The molecule has 4 nitrogen and oxygen atoms in total. The summed E-state index contributed by atoms with van der Waals surface area (Å²) in [6, 6.07) is 3.74. The van der Waals surface area contributed by atoms with E-state index in [1.54, 1.807) is 7.11 Å². The fourth-order valence-electron chi connectivity index (χ4n) is 3.08. The van der Waals surface area contributed by atoms with E-state index in [1.165, 1.54) is 19.3 Å². The number of hydrogen-bond donors (Lipinski definition) is 3. The summed E-state index contributed by atoms with van der Waals surface area (Å²) in [7, 11) is 1.55. The number of aliphatic hydroxyl groups excluding tert-OH is 1. The maximum atomic E-state index is 9.80. The zero-order valence-electron chi connectivity index (χ0n) is 12.4. The Hall–Kier alpha value is -0.780. The number of halogens is 1. The van der Waals surface area contributed by atoms with Gasteiger partial charge in [-0.2, -0.15) is 0 Å². The van der Waals surface area contributed by atoms with Crippen molar-refractivity contribution >= 4 is 15.9 Å². The molecule has 0 radical (unpaired) electrons. The molecular formula is C16H24BrNO3. The molecule has 5 heteroatoms. The number of nitrogens with one attached hydrogen (secondary N) is 1. The standard InChI is InChI=1S/C16H24BrNO3/c1-21-15-7-11(6-14(17)16(15)20)8-18-9-12-4-2-3-5-13(12)10-19/h6-7,12-13,18-20H,2-5,8-10H2,1H3. The van der Waals surface area contributed by atoms with Crippen LogP contribution in [0.15, 0.2) is 16.6 Å². The van der Waals surface area contributed by atoms with E-state index >= 15 is 0 Å². The van der Waals surface area contributed by atoms with Crippen LogP contribution >= 0.6 is 15.9 Å². The van der Waals surface area contributed by atoms with Crippen LogP contribution in [-0.4, -0.2) is 30.5 Å². The van der Waals surface area contributed by atoms with Crippen LogP contribution in [-0.2, 0) is 6.54 Å². The number of ether oxygens (including phenoxy) is 1. The number of phenols is 1. The molecule has 1 saturated carbocycles. The minimum absolute atomic E-state index is 0.133. The van der Waals surface area contributed by atoms with Crippen LogP contribution in [0.2, 0.25) is 0 Å². The summed E-state index contributed by atoms with van der Waals surface area (Å²) in [6.07, 6.45) is 4.84. The van der Waals surface area contributed by atoms with Gasteiger partial charge < -0.3 is 20.3 Å². The van der Waals surface area contributed by atoms with Crippen molar-refractivity contribution < 1.29 is 14.9 Å². The summed E-state index contributed by atoms with van der Waals surface area (Å²) >= 11 is 3.34. The van der Waals surface area contributed by atoms with Gasteiger partial charge in [0, 0.05) is 13.2 Å². The summed E-state index contributed by atoms with van der Waals surface area (Å²) in [5, 5.41) is 22.7. The Morgan fingerprint density at radius 3 is 2.67 bits per heavy atom. The van der Waals surface area contributed by atoms with Gasteiger partial charge in [0.05, 0.1) is 11.6 Å². The predicted octanol–water partition coefficient (Wildman–Crippen LogP) is 3.05. The molecule has 1 aliphatic rings. The molecule has 0 bridgehead atoms. The third-order valence-corrected chi connectivity index (χ3v) is 4.95. The van der Waals surface area contributed by atoms with E-state index in [1.807, 2.05) is 12.1 Å². The number of aromatic hydroxyl groups is 1. The van der Waals surface area contributed by atoms with E-state index in [0.717, 1.165) is 25.1 Å². The molecule has 1 fully saturated rings.